The minimum atomic E-state index is -0.911. The molecule has 1 saturated heterocycles. The Morgan fingerprint density at radius 1 is 1.09 bits per heavy atom. The number of aromatic carboxylic acids is 1. The van der Waals surface area contributed by atoms with Crippen LogP contribution in [0.3, 0.4) is 0 Å². The summed E-state index contributed by atoms with van der Waals surface area (Å²) < 4.78 is 0. The Bertz CT molecular complexity index is 637. The van der Waals surface area contributed by atoms with E-state index in [2.05, 4.69) is 39.0 Å². The highest BCUT2D eigenvalue weighted by Gasteiger charge is 2.18. The highest BCUT2D eigenvalue weighted by molar-refractivity contribution is 5.88. The van der Waals surface area contributed by atoms with Gasteiger partial charge in [-0.15, -0.1) is 0 Å². The van der Waals surface area contributed by atoms with Gasteiger partial charge in [-0.1, -0.05) is 30.3 Å². The average Bonchev–Trinajstić information content (AvgIpc) is 2.56. The van der Waals surface area contributed by atoms with E-state index in [0.717, 1.165) is 38.5 Å². The standard InChI is InChI=1S/C17H19N3O2/c21-17(22)15-6-7-18-16(12-15)20-10-8-19(9-11-20)13-14-4-2-1-3-5-14/h1-7,12H,8-11,13H2,(H,21,22). The molecule has 1 aromatic carbocycles. The number of pyridine rings is 1. The van der Waals surface area contributed by atoms with Crippen molar-refractivity contribution in [2.24, 2.45) is 0 Å². The molecule has 114 valence electrons. The number of hydrogen-bond donors (Lipinski definition) is 1. The van der Waals surface area contributed by atoms with Gasteiger partial charge in [0.15, 0.2) is 0 Å². The fourth-order valence-corrected chi connectivity index (χ4v) is 2.70. The van der Waals surface area contributed by atoms with Crippen LogP contribution in [0.25, 0.3) is 0 Å². The van der Waals surface area contributed by atoms with Crippen molar-refractivity contribution in [1.82, 2.24) is 9.88 Å². The van der Waals surface area contributed by atoms with Crippen molar-refractivity contribution < 1.29 is 9.90 Å². The topological polar surface area (TPSA) is 56.7 Å². The van der Waals surface area contributed by atoms with E-state index in [0.29, 0.717) is 0 Å². The lowest BCUT2D eigenvalue weighted by molar-refractivity contribution is 0.0696. The molecule has 5 heteroatoms. The minimum absolute atomic E-state index is 0.289. The molecule has 0 radical (unpaired) electrons. The largest absolute Gasteiger partial charge is 0.478 e. The molecule has 1 aromatic heterocycles. The van der Waals surface area contributed by atoms with Crippen LogP contribution in [-0.2, 0) is 6.54 Å². The first kappa shape index (κ1) is 14.5. The van der Waals surface area contributed by atoms with E-state index >= 15 is 0 Å². The number of carboxylic acid groups (broad SMARTS) is 1. The van der Waals surface area contributed by atoms with Crippen LogP contribution >= 0.6 is 0 Å². The van der Waals surface area contributed by atoms with Gasteiger partial charge in [0.2, 0.25) is 0 Å². The number of rotatable bonds is 4. The first-order chi connectivity index (χ1) is 10.7. The average molecular weight is 297 g/mol. The molecule has 22 heavy (non-hydrogen) atoms. The molecule has 1 fully saturated rings. The molecule has 1 N–H and O–H groups in total. The highest BCUT2D eigenvalue weighted by Crippen LogP contribution is 2.16. The quantitative estimate of drug-likeness (QED) is 0.936. The summed E-state index contributed by atoms with van der Waals surface area (Å²) in [7, 11) is 0. The van der Waals surface area contributed by atoms with Crippen molar-refractivity contribution in [1.29, 1.82) is 0 Å². The van der Waals surface area contributed by atoms with E-state index in [-0.39, 0.29) is 5.56 Å². The molecule has 0 unspecified atom stereocenters. The maximum absolute atomic E-state index is 11.0. The lowest BCUT2D eigenvalue weighted by Gasteiger charge is -2.35. The molecular formula is C17H19N3O2. The van der Waals surface area contributed by atoms with Gasteiger partial charge in [0.05, 0.1) is 5.56 Å². The van der Waals surface area contributed by atoms with Crippen LogP contribution in [0.5, 0.6) is 0 Å². The van der Waals surface area contributed by atoms with Crippen LogP contribution in [0.4, 0.5) is 5.82 Å². The number of carbonyl (C=O) groups is 1. The third-order valence-corrected chi connectivity index (χ3v) is 3.94. The molecular weight excluding hydrogens is 278 g/mol. The van der Waals surface area contributed by atoms with Crippen LogP contribution in [0.1, 0.15) is 15.9 Å². The zero-order valence-corrected chi connectivity index (χ0v) is 12.4. The van der Waals surface area contributed by atoms with Crippen molar-refractivity contribution in [2.45, 2.75) is 6.54 Å². The fraction of sp³-hybridized carbons (Fsp3) is 0.294. The van der Waals surface area contributed by atoms with Gasteiger partial charge in [0, 0.05) is 38.9 Å². The molecule has 1 aliphatic heterocycles. The Kier molecular flexibility index (Phi) is 4.34. The normalized spacial score (nSPS) is 15.7. The predicted octanol–water partition coefficient (Wildman–Crippen LogP) is 2.10. The molecule has 0 bridgehead atoms. The Morgan fingerprint density at radius 2 is 1.82 bits per heavy atom. The van der Waals surface area contributed by atoms with Crippen LogP contribution in [-0.4, -0.2) is 47.1 Å². The van der Waals surface area contributed by atoms with E-state index in [1.54, 1.807) is 12.3 Å². The zero-order chi connectivity index (χ0) is 15.4. The summed E-state index contributed by atoms with van der Waals surface area (Å²) >= 11 is 0. The third kappa shape index (κ3) is 3.43. The van der Waals surface area contributed by atoms with Crippen molar-refractivity contribution in [3.8, 4) is 0 Å². The monoisotopic (exact) mass is 297 g/mol. The Balaban J connectivity index is 1.60. The second-order valence-electron chi connectivity index (χ2n) is 5.46. The predicted molar refractivity (Wildman–Crippen MR) is 85.1 cm³/mol. The molecule has 5 nitrogen and oxygen atoms in total. The van der Waals surface area contributed by atoms with Gasteiger partial charge in [-0.2, -0.15) is 0 Å². The first-order valence-electron chi connectivity index (χ1n) is 7.43. The second kappa shape index (κ2) is 6.58. The molecule has 3 rings (SSSR count). The lowest BCUT2D eigenvalue weighted by atomic mass is 10.2. The van der Waals surface area contributed by atoms with Crippen LogP contribution < -0.4 is 4.90 Å². The number of nitrogens with zero attached hydrogens (tertiary/aromatic N) is 3. The van der Waals surface area contributed by atoms with E-state index in [4.69, 9.17) is 5.11 Å². The smallest absolute Gasteiger partial charge is 0.335 e. The number of anilines is 1. The maximum atomic E-state index is 11.0. The molecule has 0 atom stereocenters. The number of benzene rings is 1. The van der Waals surface area contributed by atoms with Gasteiger partial charge in [-0.3, -0.25) is 4.90 Å². The molecule has 0 saturated carbocycles. The summed E-state index contributed by atoms with van der Waals surface area (Å²) in [5, 5.41) is 9.06. The summed E-state index contributed by atoms with van der Waals surface area (Å²) in [6.45, 7) is 4.59. The maximum Gasteiger partial charge on any atom is 0.335 e. The summed E-state index contributed by atoms with van der Waals surface area (Å²) in [4.78, 5) is 19.9. The number of piperazine rings is 1. The Hall–Kier alpha value is -2.40. The van der Waals surface area contributed by atoms with Crippen molar-refractivity contribution >= 4 is 11.8 Å². The van der Waals surface area contributed by atoms with Crippen molar-refractivity contribution in [3.05, 3.63) is 59.8 Å². The molecule has 2 aromatic rings. The number of carboxylic acids is 1. The number of aromatic nitrogens is 1. The first-order valence-corrected chi connectivity index (χ1v) is 7.43. The molecule has 1 aliphatic rings. The highest BCUT2D eigenvalue weighted by atomic mass is 16.4. The van der Waals surface area contributed by atoms with Crippen LogP contribution in [0, 0.1) is 0 Å². The third-order valence-electron chi connectivity index (χ3n) is 3.94. The summed E-state index contributed by atoms with van der Waals surface area (Å²) in [6, 6.07) is 13.6. The van der Waals surface area contributed by atoms with Gasteiger partial charge in [-0.05, 0) is 17.7 Å². The van der Waals surface area contributed by atoms with Crippen molar-refractivity contribution in [2.75, 3.05) is 31.1 Å². The summed E-state index contributed by atoms with van der Waals surface area (Å²) in [5.41, 5.74) is 1.61. The van der Waals surface area contributed by atoms with Gasteiger partial charge in [-0.25, -0.2) is 9.78 Å². The SMILES string of the molecule is O=C(O)c1ccnc(N2CCN(Cc3ccccc3)CC2)c1. The lowest BCUT2D eigenvalue weighted by Crippen LogP contribution is -2.46. The van der Waals surface area contributed by atoms with Gasteiger partial charge in [0.1, 0.15) is 5.82 Å². The molecule has 0 aliphatic carbocycles. The van der Waals surface area contributed by atoms with E-state index in [1.165, 1.54) is 11.6 Å². The van der Waals surface area contributed by atoms with E-state index < -0.39 is 5.97 Å². The van der Waals surface area contributed by atoms with Crippen molar-refractivity contribution in [3.63, 3.8) is 0 Å². The molecule has 0 spiro atoms. The van der Waals surface area contributed by atoms with Gasteiger partial charge >= 0.3 is 5.97 Å². The Labute approximate surface area is 129 Å². The van der Waals surface area contributed by atoms with E-state index in [1.807, 2.05) is 6.07 Å². The summed E-state index contributed by atoms with van der Waals surface area (Å²) in [5.74, 6) is -0.161. The van der Waals surface area contributed by atoms with Gasteiger partial charge in [0.25, 0.3) is 0 Å². The van der Waals surface area contributed by atoms with Crippen LogP contribution in [0.15, 0.2) is 48.7 Å². The summed E-state index contributed by atoms with van der Waals surface area (Å²) in [6.07, 6.45) is 1.56. The van der Waals surface area contributed by atoms with Crippen LogP contribution in [0.2, 0.25) is 0 Å². The van der Waals surface area contributed by atoms with E-state index in [9.17, 15) is 4.79 Å². The van der Waals surface area contributed by atoms with Gasteiger partial charge < -0.3 is 10.0 Å². The second-order valence-corrected chi connectivity index (χ2v) is 5.46. The molecule has 0 amide bonds. The Morgan fingerprint density at radius 3 is 2.50 bits per heavy atom. The fourth-order valence-electron chi connectivity index (χ4n) is 2.70. The molecule has 2 heterocycles. The zero-order valence-electron chi connectivity index (χ0n) is 12.4. The number of hydrogen-bond acceptors (Lipinski definition) is 4. The minimum Gasteiger partial charge on any atom is -0.478 e.